The number of piperidine rings is 1. The molecule has 1 spiro atoms. The minimum Gasteiger partial charge on any atom is -0.379 e. The first-order valence-electron chi connectivity index (χ1n) is 7.51. The molecule has 0 aromatic carbocycles. The van der Waals surface area contributed by atoms with Crippen molar-refractivity contribution in [1.82, 2.24) is 15.3 Å². The van der Waals surface area contributed by atoms with E-state index in [1.807, 2.05) is 12.1 Å². The summed E-state index contributed by atoms with van der Waals surface area (Å²) in [5, 5.41) is 7.69. The molecule has 2 aliphatic heterocycles. The van der Waals surface area contributed by atoms with Crippen LogP contribution in [0, 0.1) is 0 Å². The summed E-state index contributed by atoms with van der Waals surface area (Å²) in [5.74, 6) is 0.210. The summed E-state index contributed by atoms with van der Waals surface area (Å²) in [5.41, 5.74) is 1.75. The van der Waals surface area contributed by atoms with Gasteiger partial charge >= 0.3 is 0 Å². The van der Waals surface area contributed by atoms with Crippen molar-refractivity contribution in [1.29, 1.82) is 0 Å². The molecule has 4 heterocycles. The van der Waals surface area contributed by atoms with E-state index in [9.17, 15) is 8.42 Å². The molecule has 2 saturated heterocycles. The SMILES string of the molecule is O=S1(=O)CC(Nc2ccnc3cnccc23)C12CCNCC2. The number of rotatable bonds is 2. The van der Waals surface area contributed by atoms with Crippen molar-refractivity contribution >= 4 is 26.4 Å². The maximum Gasteiger partial charge on any atom is 0.160 e. The zero-order chi connectivity index (χ0) is 15.2. The van der Waals surface area contributed by atoms with Crippen molar-refractivity contribution in [3.63, 3.8) is 0 Å². The van der Waals surface area contributed by atoms with Crippen LogP contribution in [0.1, 0.15) is 12.8 Å². The second-order valence-corrected chi connectivity index (χ2v) is 8.42. The smallest absolute Gasteiger partial charge is 0.160 e. The summed E-state index contributed by atoms with van der Waals surface area (Å²) >= 11 is 0. The Hall–Kier alpha value is -1.73. The Morgan fingerprint density at radius 2 is 2.05 bits per heavy atom. The van der Waals surface area contributed by atoms with Gasteiger partial charge in [-0.1, -0.05) is 0 Å². The Kier molecular flexibility index (Phi) is 3.09. The molecule has 116 valence electrons. The van der Waals surface area contributed by atoms with Gasteiger partial charge in [-0.05, 0) is 38.1 Å². The molecule has 0 radical (unpaired) electrons. The third-order valence-corrected chi connectivity index (χ3v) is 7.67. The van der Waals surface area contributed by atoms with Crippen molar-refractivity contribution < 1.29 is 8.42 Å². The fourth-order valence-electron chi connectivity index (χ4n) is 3.65. The van der Waals surface area contributed by atoms with Crippen LogP contribution in [0.15, 0.2) is 30.7 Å². The minimum atomic E-state index is -3.00. The Labute approximate surface area is 129 Å². The van der Waals surface area contributed by atoms with Gasteiger partial charge in [0.1, 0.15) is 0 Å². The van der Waals surface area contributed by atoms with E-state index >= 15 is 0 Å². The molecule has 2 aliphatic rings. The van der Waals surface area contributed by atoms with E-state index in [1.165, 1.54) is 0 Å². The summed E-state index contributed by atoms with van der Waals surface area (Å²) < 4.78 is 24.1. The van der Waals surface area contributed by atoms with Gasteiger partial charge in [-0.15, -0.1) is 0 Å². The van der Waals surface area contributed by atoms with E-state index in [-0.39, 0.29) is 11.8 Å². The Morgan fingerprint density at radius 1 is 1.23 bits per heavy atom. The van der Waals surface area contributed by atoms with E-state index in [2.05, 4.69) is 20.6 Å². The Morgan fingerprint density at radius 3 is 2.82 bits per heavy atom. The van der Waals surface area contributed by atoms with Crippen LogP contribution in [0.25, 0.3) is 10.9 Å². The maximum atomic E-state index is 12.4. The monoisotopic (exact) mass is 318 g/mol. The van der Waals surface area contributed by atoms with E-state index in [4.69, 9.17) is 0 Å². The predicted molar refractivity (Wildman–Crippen MR) is 85.6 cm³/mol. The largest absolute Gasteiger partial charge is 0.379 e. The van der Waals surface area contributed by atoms with Gasteiger partial charge in [0, 0.05) is 23.5 Å². The lowest BCUT2D eigenvalue weighted by atomic mass is 9.88. The third-order valence-electron chi connectivity index (χ3n) is 4.97. The molecular formula is C15H18N4O2S. The molecule has 7 heteroatoms. The Bertz CT molecular complexity index is 810. The molecule has 0 amide bonds. The van der Waals surface area contributed by atoms with Crippen molar-refractivity contribution in [2.24, 2.45) is 0 Å². The highest BCUT2D eigenvalue weighted by atomic mass is 32.2. The van der Waals surface area contributed by atoms with Gasteiger partial charge in [-0.2, -0.15) is 0 Å². The number of aromatic nitrogens is 2. The van der Waals surface area contributed by atoms with Gasteiger partial charge in [-0.3, -0.25) is 9.97 Å². The van der Waals surface area contributed by atoms with E-state index in [0.717, 1.165) is 29.7 Å². The van der Waals surface area contributed by atoms with Crippen LogP contribution in [-0.4, -0.2) is 48.0 Å². The molecule has 4 rings (SSSR count). The summed E-state index contributed by atoms with van der Waals surface area (Å²) in [7, 11) is -3.00. The first kappa shape index (κ1) is 13.9. The highest BCUT2D eigenvalue weighted by Gasteiger charge is 2.60. The first-order chi connectivity index (χ1) is 10.6. The lowest BCUT2D eigenvalue weighted by Gasteiger charge is -2.51. The lowest BCUT2D eigenvalue weighted by molar-refractivity contribution is 0.328. The molecule has 2 aromatic heterocycles. The first-order valence-corrected chi connectivity index (χ1v) is 9.16. The van der Waals surface area contributed by atoms with Crippen LogP contribution >= 0.6 is 0 Å². The lowest BCUT2D eigenvalue weighted by Crippen LogP contribution is -2.69. The van der Waals surface area contributed by atoms with Crippen LogP contribution in [0.4, 0.5) is 5.69 Å². The standard InChI is InChI=1S/C15H18N4O2S/c20-22(21)10-14(15(22)3-7-16-8-4-15)19-12-2-6-18-13-9-17-5-1-11(12)13/h1-2,5-6,9,14,16H,3-4,7-8,10H2,(H,18,19). The molecule has 1 atom stereocenters. The van der Waals surface area contributed by atoms with Gasteiger partial charge < -0.3 is 10.6 Å². The molecule has 2 N–H and O–H groups in total. The molecule has 0 bridgehead atoms. The number of hydrogen-bond donors (Lipinski definition) is 2. The molecule has 6 nitrogen and oxygen atoms in total. The normalized spacial score (nSPS) is 25.7. The molecule has 22 heavy (non-hydrogen) atoms. The average molecular weight is 318 g/mol. The molecule has 0 saturated carbocycles. The van der Waals surface area contributed by atoms with Crippen LogP contribution in [-0.2, 0) is 9.84 Å². The average Bonchev–Trinajstić information content (AvgIpc) is 2.55. The van der Waals surface area contributed by atoms with E-state index < -0.39 is 14.6 Å². The summed E-state index contributed by atoms with van der Waals surface area (Å²) in [4.78, 5) is 8.37. The van der Waals surface area contributed by atoms with Crippen molar-refractivity contribution in [3.05, 3.63) is 30.7 Å². The maximum absolute atomic E-state index is 12.4. The molecule has 2 fully saturated rings. The fourth-order valence-corrected chi connectivity index (χ4v) is 5.93. The zero-order valence-corrected chi connectivity index (χ0v) is 12.9. The highest BCUT2D eigenvalue weighted by Crippen LogP contribution is 2.43. The molecule has 1 unspecified atom stereocenters. The zero-order valence-electron chi connectivity index (χ0n) is 12.1. The second-order valence-electron chi connectivity index (χ2n) is 6.04. The number of nitrogens with one attached hydrogen (secondary N) is 2. The number of pyridine rings is 2. The number of nitrogens with zero attached hydrogens (tertiary/aromatic N) is 2. The van der Waals surface area contributed by atoms with Crippen LogP contribution in [0.5, 0.6) is 0 Å². The second kappa shape index (κ2) is 4.89. The van der Waals surface area contributed by atoms with Gasteiger partial charge in [0.25, 0.3) is 0 Å². The number of hydrogen-bond acceptors (Lipinski definition) is 6. The predicted octanol–water partition coefficient (Wildman–Crippen LogP) is 0.961. The number of sulfone groups is 1. The van der Waals surface area contributed by atoms with Crippen molar-refractivity contribution in [2.75, 3.05) is 24.2 Å². The number of anilines is 1. The molecule has 0 aliphatic carbocycles. The summed E-state index contributed by atoms with van der Waals surface area (Å²) in [6.07, 6.45) is 6.54. The van der Waals surface area contributed by atoms with Crippen LogP contribution < -0.4 is 10.6 Å². The quantitative estimate of drug-likeness (QED) is 0.858. The van der Waals surface area contributed by atoms with Gasteiger partial charge in [-0.25, -0.2) is 8.42 Å². The van der Waals surface area contributed by atoms with Crippen molar-refractivity contribution in [3.8, 4) is 0 Å². The Balaban J connectivity index is 1.68. The summed E-state index contributed by atoms with van der Waals surface area (Å²) in [6, 6.07) is 3.79. The summed E-state index contributed by atoms with van der Waals surface area (Å²) in [6.45, 7) is 1.52. The van der Waals surface area contributed by atoms with E-state index in [0.29, 0.717) is 12.8 Å². The van der Waals surface area contributed by atoms with Crippen molar-refractivity contribution in [2.45, 2.75) is 23.6 Å². The third kappa shape index (κ3) is 1.92. The van der Waals surface area contributed by atoms with Crippen LogP contribution in [0.3, 0.4) is 0 Å². The van der Waals surface area contributed by atoms with Gasteiger partial charge in [0.05, 0.1) is 28.3 Å². The van der Waals surface area contributed by atoms with Gasteiger partial charge in [0.15, 0.2) is 9.84 Å². The molecule has 2 aromatic rings. The minimum absolute atomic E-state index is 0.0293. The molecular weight excluding hydrogens is 300 g/mol. The topological polar surface area (TPSA) is 84.0 Å². The van der Waals surface area contributed by atoms with E-state index in [1.54, 1.807) is 18.6 Å². The van der Waals surface area contributed by atoms with Crippen LogP contribution in [0.2, 0.25) is 0 Å². The highest BCUT2D eigenvalue weighted by molar-refractivity contribution is 7.94. The fraction of sp³-hybridized carbons (Fsp3) is 0.467. The van der Waals surface area contributed by atoms with Gasteiger partial charge in [0.2, 0.25) is 0 Å². The number of fused-ring (bicyclic) bond motifs is 1.